The summed E-state index contributed by atoms with van der Waals surface area (Å²) in [7, 11) is 0. The maximum Gasteiger partial charge on any atom is 0.242 e. The molecule has 2 fully saturated rings. The number of carbonyl (C=O) groups is 2. The number of hydrogen-bond donors (Lipinski definition) is 2. The Balaban J connectivity index is 1.60. The van der Waals surface area contributed by atoms with Gasteiger partial charge in [-0.15, -0.1) is 0 Å². The highest BCUT2D eigenvalue weighted by molar-refractivity contribution is 6.30. The standard InChI is InChI=1S/C15H19ClN4O2/c16-11-3-4-12(18-8-11)19-13(21)10-2-1-7-20(9-10)14(22)15(17)5-6-15/h3-4,8,10H,1-2,5-7,9,17H2,(H,18,19,21). The van der Waals surface area contributed by atoms with Crippen LogP contribution in [-0.2, 0) is 9.59 Å². The average molecular weight is 323 g/mol. The molecular formula is C15H19ClN4O2. The number of nitrogens with one attached hydrogen (secondary N) is 1. The van der Waals surface area contributed by atoms with E-state index in [2.05, 4.69) is 10.3 Å². The van der Waals surface area contributed by atoms with Gasteiger partial charge < -0.3 is 16.0 Å². The first kappa shape index (κ1) is 15.2. The first-order valence-corrected chi connectivity index (χ1v) is 7.86. The summed E-state index contributed by atoms with van der Waals surface area (Å²) < 4.78 is 0. The average Bonchev–Trinajstić information content (AvgIpc) is 3.28. The van der Waals surface area contributed by atoms with Crippen LogP contribution in [0, 0.1) is 5.92 Å². The molecule has 6 nitrogen and oxygen atoms in total. The van der Waals surface area contributed by atoms with E-state index in [9.17, 15) is 9.59 Å². The summed E-state index contributed by atoms with van der Waals surface area (Å²) in [4.78, 5) is 30.4. The molecular weight excluding hydrogens is 304 g/mol. The largest absolute Gasteiger partial charge is 0.340 e. The van der Waals surface area contributed by atoms with Crippen LogP contribution >= 0.6 is 11.6 Å². The van der Waals surface area contributed by atoms with Crippen molar-refractivity contribution < 1.29 is 9.59 Å². The molecule has 1 aliphatic carbocycles. The lowest BCUT2D eigenvalue weighted by atomic mass is 9.96. The molecule has 0 radical (unpaired) electrons. The number of halogens is 1. The van der Waals surface area contributed by atoms with Crippen molar-refractivity contribution in [2.75, 3.05) is 18.4 Å². The molecule has 2 heterocycles. The Morgan fingerprint density at radius 3 is 2.82 bits per heavy atom. The van der Waals surface area contributed by atoms with Crippen molar-refractivity contribution in [3.05, 3.63) is 23.4 Å². The smallest absolute Gasteiger partial charge is 0.242 e. The van der Waals surface area contributed by atoms with Gasteiger partial charge in [0, 0.05) is 19.3 Å². The van der Waals surface area contributed by atoms with E-state index in [0.29, 0.717) is 23.9 Å². The number of rotatable bonds is 3. The molecule has 0 spiro atoms. The van der Waals surface area contributed by atoms with E-state index in [1.807, 2.05) is 0 Å². The summed E-state index contributed by atoms with van der Waals surface area (Å²) in [5.41, 5.74) is 5.30. The van der Waals surface area contributed by atoms with Gasteiger partial charge in [0.15, 0.2) is 0 Å². The maximum absolute atomic E-state index is 12.3. The molecule has 0 bridgehead atoms. The molecule has 1 unspecified atom stereocenters. The number of carbonyl (C=O) groups excluding carboxylic acids is 2. The Labute approximate surface area is 134 Å². The van der Waals surface area contributed by atoms with Crippen molar-refractivity contribution in [2.45, 2.75) is 31.2 Å². The molecule has 118 valence electrons. The number of anilines is 1. The van der Waals surface area contributed by atoms with Gasteiger partial charge in [-0.25, -0.2) is 4.98 Å². The third kappa shape index (κ3) is 3.23. The Morgan fingerprint density at radius 2 is 2.18 bits per heavy atom. The van der Waals surface area contributed by atoms with Crippen LogP contribution in [0.1, 0.15) is 25.7 Å². The van der Waals surface area contributed by atoms with Crippen LogP contribution in [0.2, 0.25) is 5.02 Å². The fourth-order valence-electron chi connectivity index (χ4n) is 2.72. The minimum absolute atomic E-state index is 0.0189. The number of likely N-dealkylation sites (tertiary alicyclic amines) is 1. The molecule has 7 heteroatoms. The van der Waals surface area contributed by atoms with Crippen molar-refractivity contribution in [3.63, 3.8) is 0 Å². The van der Waals surface area contributed by atoms with E-state index >= 15 is 0 Å². The Morgan fingerprint density at radius 1 is 1.41 bits per heavy atom. The first-order valence-electron chi connectivity index (χ1n) is 7.49. The zero-order valence-corrected chi connectivity index (χ0v) is 13.0. The maximum atomic E-state index is 12.3. The molecule has 2 amide bonds. The highest BCUT2D eigenvalue weighted by atomic mass is 35.5. The second-order valence-electron chi connectivity index (χ2n) is 6.10. The molecule has 1 aromatic heterocycles. The fraction of sp³-hybridized carbons (Fsp3) is 0.533. The van der Waals surface area contributed by atoms with Gasteiger partial charge in [-0.3, -0.25) is 9.59 Å². The van der Waals surface area contributed by atoms with Crippen LogP contribution in [0.15, 0.2) is 18.3 Å². The van der Waals surface area contributed by atoms with Crippen molar-refractivity contribution in [1.29, 1.82) is 0 Å². The van der Waals surface area contributed by atoms with Gasteiger partial charge in [-0.1, -0.05) is 11.6 Å². The monoisotopic (exact) mass is 322 g/mol. The summed E-state index contributed by atoms with van der Waals surface area (Å²) >= 11 is 5.77. The highest BCUT2D eigenvalue weighted by Gasteiger charge is 2.49. The lowest BCUT2D eigenvalue weighted by Crippen LogP contribution is -2.51. The van der Waals surface area contributed by atoms with Gasteiger partial charge in [0.1, 0.15) is 5.82 Å². The summed E-state index contributed by atoms with van der Waals surface area (Å²) in [6, 6.07) is 3.33. The Bertz CT molecular complexity index is 586. The summed E-state index contributed by atoms with van der Waals surface area (Å²) in [6.45, 7) is 1.11. The molecule has 1 saturated heterocycles. The number of nitrogens with zero attached hydrogens (tertiary/aromatic N) is 2. The number of aromatic nitrogens is 1. The summed E-state index contributed by atoms with van der Waals surface area (Å²) in [5, 5.41) is 3.29. The van der Waals surface area contributed by atoms with Crippen molar-refractivity contribution in [2.24, 2.45) is 11.7 Å². The zero-order valence-electron chi connectivity index (χ0n) is 12.2. The van der Waals surface area contributed by atoms with Crippen LogP contribution in [0.5, 0.6) is 0 Å². The molecule has 1 aromatic rings. The molecule has 22 heavy (non-hydrogen) atoms. The fourth-order valence-corrected chi connectivity index (χ4v) is 2.83. The van der Waals surface area contributed by atoms with Crippen molar-refractivity contribution in [1.82, 2.24) is 9.88 Å². The third-order valence-corrected chi connectivity index (χ3v) is 4.50. The van der Waals surface area contributed by atoms with E-state index in [4.69, 9.17) is 17.3 Å². The summed E-state index contributed by atoms with van der Waals surface area (Å²) in [5.74, 6) is 0.108. The van der Waals surface area contributed by atoms with Gasteiger partial charge in [0.25, 0.3) is 0 Å². The van der Waals surface area contributed by atoms with Gasteiger partial charge in [0.05, 0.1) is 16.5 Å². The Hall–Kier alpha value is -1.66. The molecule has 1 atom stereocenters. The van der Waals surface area contributed by atoms with Gasteiger partial charge in [0.2, 0.25) is 11.8 Å². The topological polar surface area (TPSA) is 88.3 Å². The molecule has 0 aromatic carbocycles. The second-order valence-corrected chi connectivity index (χ2v) is 6.53. The van der Waals surface area contributed by atoms with Crippen molar-refractivity contribution >= 4 is 29.2 Å². The van der Waals surface area contributed by atoms with E-state index < -0.39 is 5.54 Å². The molecule has 2 aliphatic rings. The Kier molecular flexibility index (Phi) is 4.06. The number of hydrogen-bond acceptors (Lipinski definition) is 4. The minimum Gasteiger partial charge on any atom is -0.340 e. The minimum atomic E-state index is -0.671. The quantitative estimate of drug-likeness (QED) is 0.880. The number of piperidine rings is 1. The van der Waals surface area contributed by atoms with E-state index in [0.717, 1.165) is 25.7 Å². The van der Waals surface area contributed by atoms with Gasteiger partial charge in [-0.05, 0) is 37.8 Å². The first-order chi connectivity index (χ1) is 10.5. The predicted octanol–water partition coefficient (Wildman–Crippen LogP) is 1.40. The van der Waals surface area contributed by atoms with E-state index in [1.54, 1.807) is 17.0 Å². The number of nitrogens with two attached hydrogens (primary N) is 1. The third-order valence-electron chi connectivity index (χ3n) is 4.27. The van der Waals surface area contributed by atoms with Gasteiger partial charge >= 0.3 is 0 Å². The zero-order chi connectivity index (χ0) is 15.7. The second kappa shape index (κ2) is 5.85. The number of amides is 2. The molecule has 3 N–H and O–H groups in total. The summed E-state index contributed by atoms with van der Waals surface area (Å²) in [6.07, 6.45) is 4.55. The molecule has 3 rings (SSSR count). The van der Waals surface area contributed by atoms with Crippen LogP contribution < -0.4 is 11.1 Å². The van der Waals surface area contributed by atoms with Crippen LogP contribution in [-0.4, -0.2) is 40.3 Å². The van der Waals surface area contributed by atoms with Crippen LogP contribution in [0.4, 0.5) is 5.82 Å². The van der Waals surface area contributed by atoms with Crippen LogP contribution in [0.3, 0.4) is 0 Å². The van der Waals surface area contributed by atoms with E-state index in [1.165, 1.54) is 6.20 Å². The lowest BCUT2D eigenvalue weighted by molar-refractivity contribution is -0.136. The molecule has 1 aliphatic heterocycles. The highest BCUT2D eigenvalue weighted by Crippen LogP contribution is 2.35. The SMILES string of the molecule is NC1(C(=O)N2CCCC(C(=O)Nc3ccc(Cl)cn3)C2)CC1. The predicted molar refractivity (Wildman–Crippen MR) is 83.3 cm³/mol. The van der Waals surface area contributed by atoms with Crippen LogP contribution in [0.25, 0.3) is 0 Å². The lowest BCUT2D eigenvalue weighted by Gasteiger charge is -2.33. The number of pyridine rings is 1. The van der Waals surface area contributed by atoms with E-state index in [-0.39, 0.29) is 17.7 Å². The van der Waals surface area contributed by atoms with Crippen molar-refractivity contribution in [3.8, 4) is 0 Å². The normalized spacial score (nSPS) is 23.0. The van der Waals surface area contributed by atoms with Gasteiger partial charge in [-0.2, -0.15) is 0 Å². The molecule has 1 saturated carbocycles.